The van der Waals surface area contributed by atoms with E-state index >= 15 is 0 Å². The van der Waals surface area contributed by atoms with Gasteiger partial charge in [0.15, 0.2) is 0 Å². The number of aromatic nitrogens is 1. The molecule has 130 valence electrons. The molecule has 2 aromatic rings. The number of rotatable bonds is 6. The summed E-state index contributed by atoms with van der Waals surface area (Å²) in [6.07, 6.45) is 3.39. The van der Waals surface area contributed by atoms with E-state index in [4.69, 9.17) is 11.6 Å². The molecule has 1 aliphatic rings. The van der Waals surface area contributed by atoms with Gasteiger partial charge in [0.1, 0.15) is 6.54 Å². The fourth-order valence-corrected chi connectivity index (χ4v) is 2.79. The van der Waals surface area contributed by atoms with Crippen LogP contribution in [0, 0.1) is 0 Å². The molecule has 25 heavy (non-hydrogen) atoms. The number of benzene rings is 1. The van der Waals surface area contributed by atoms with Crippen LogP contribution in [-0.2, 0) is 17.9 Å². The highest BCUT2D eigenvalue weighted by atomic mass is 35.5. The molecule has 3 rings (SSSR count). The number of hydrogen-bond donors (Lipinski definition) is 1. The lowest BCUT2D eigenvalue weighted by atomic mass is 10.2. The summed E-state index contributed by atoms with van der Waals surface area (Å²) in [5, 5.41) is 3.48. The minimum atomic E-state index is -0.175. The van der Waals surface area contributed by atoms with Crippen molar-refractivity contribution in [1.29, 1.82) is 0 Å². The van der Waals surface area contributed by atoms with E-state index in [9.17, 15) is 9.59 Å². The Morgan fingerprint density at radius 1 is 1.12 bits per heavy atom. The smallest absolute Gasteiger partial charge is 0.320 e. The number of pyridine rings is 1. The lowest BCUT2D eigenvalue weighted by molar-refractivity contribution is -0.121. The molecule has 1 saturated heterocycles. The van der Waals surface area contributed by atoms with Crippen molar-refractivity contribution in [2.75, 3.05) is 19.6 Å². The van der Waals surface area contributed by atoms with Gasteiger partial charge in [-0.05, 0) is 29.3 Å². The van der Waals surface area contributed by atoms with Crippen molar-refractivity contribution in [2.45, 2.75) is 13.1 Å². The number of urea groups is 1. The van der Waals surface area contributed by atoms with E-state index in [1.54, 1.807) is 34.3 Å². The van der Waals surface area contributed by atoms with Gasteiger partial charge >= 0.3 is 6.03 Å². The minimum absolute atomic E-state index is 0.0657. The van der Waals surface area contributed by atoms with Crippen LogP contribution >= 0.6 is 11.6 Å². The van der Waals surface area contributed by atoms with E-state index in [2.05, 4.69) is 10.3 Å². The highest BCUT2D eigenvalue weighted by Gasteiger charge is 2.29. The van der Waals surface area contributed by atoms with Gasteiger partial charge < -0.3 is 15.1 Å². The second-order valence-electron chi connectivity index (χ2n) is 5.89. The van der Waals surface area contributed by atoms with Crippen molar-refractivity contribution in [2.24, 2.45) is 0 Å². The molecule has 1 N–H and O–H groups in total. The summed E-state index contributed by atoms with van der Waals surface area (Å²) in [6, 6.07) is 11.0. The summed E-state index contributed by atoms with van der Waals surface area (Å²) in [4.78, 5) is 31.8. The van der Waals surface area contributed by atoms with Crippen LogP contribution in [0.15, 0.2) is 48.8 Å². The highest BCUT2D eigenvalue weighted by Crippen LogP contribution is 2.15. The van der Waals surface area contributed by atoms with Crippen LogP contribution in [0.25, 0.3) is 0 Å². The van der Waals surface area contributed by atoms with Crippen molar-refractivity contribution in [1.82, 2.24) is 20.1 Å². The quantitative estimate of drug-likeness (QED) is 0.861. The zero-order valence-electron chi connectivity index (χ0n) is 13.7. The van der Waals surface area contributed by atoms with Gasteiger partial charge in [0.2, 0.25) is 5.91 Å². The Morgan fingerprint density at radius 3 is 2.60 bits per heavy atom. The van der Waals surface area contributed by atoms with Gasteiger partial charge in [-0.2, -0.15) is 0 Å². The maximum absolute atomic E-state index is 12.4. The predicted molar refractivity (Wildman–Crippen MR) is 94.9 cm³/mol. The SMILES string of the molecule is O=C(CN1CCN(Cc2ccc(Cl)cc2)C1=O)NCc1cccnc1. The first-order chi connectivity index (χ1) is 12.1. The average Bonchev–Trinajstić information content (AvgIpc) is 2.96. The van der Waals surface area contributed by atoms with Gasteiger partial charge in [-0.15, -0.1) is 0 Å². The van der Waals surface area contributed by atoms with Crippen LogP contribution in [0.2, 0.25) is 5.02 Å². The van der Waals surface area contributed by atoms with Crippen molar-refractivity contribution in [3.8, 4) is 0 Å². The number of halogens is 1. The van der Waals surface area contributed by atoms with Crippen LogP contribution in [0.3, 0.4) is 0 Å². The van der Waals surface area contributed by atoms with Crippen LogP contribution in [0.4, 0.5) is 4.79 Å². The predicted octanol–water partition coefficient (Wildman–Crippen LogP) is 2.29. The largest absolute Gasteiger partial charge is 0.350 e. The summed E-state index contributed by atoms with van der Waals surface area (Å²) in [5.41, 5.74) is 1.94. The normalized spacial score (nSPS) is 14.0. The molecular formula is C18H19ClN4O2. The number of carbonyl (C=O) groups is 2. The van der Waals surface area contributed by atoms with E-state index in [0.717, 1.165) is 11.1 Å². The van der Waals surface area contributed by atoms with E-state index in [0.29, 0.717) is 31.2 Å². The number of hydrogen-bond acceptors (Lipinski definition) is 3. The van der Waals surface area contributed by atoms with Crippen LogP contribution in [0.5, 0.6) is 0 Å². The minimum Gasteiger partial charge on any atom is -0.350 e. The monoisotopic (exact) mass is 358 g/mol. The number of nitrogens with one attached hydrogen (secondary N) is 1. The molecule has 6 nitrogen and oxygen atoms in total. The number of carbonyl (C=O) groups excluding carboxylic acids is 2. The van der Waals surface area contributed by atoms with Crippen molar-refractivity contribution in [3.05, 3.63) is 64.9 Å². The van der Waals surface area contributed by atoms with E-state index < -0.39 is 0 Å². The summed E-state index contributed by atoms with van der Waals surface area (Å²) < 4.78 is 0. The fourth-order valence-electron chi connectivity index (χ4n) is 2.67. The molecule has 0 atom stereocenters. The van der Waals surface area contributed by atoms with Gasteiger partial charge in [0.25, 0.3) is 0 Å². The van der Waals surface area contributed by atoms with Crippen LogP contribution < -0.4 is 5.32 Å². The van der Waals surface area contributed by atoms with Crippen molar-refractivity contribution < 1.29 is 9.59 Å². The number of nitrogens with zero attached hydrogens (tertiary/aromatic N) is 3. The van der Waals surface area contributed by atoms with Gasteiger partial charge in [0.05, 0.1) is 0 Å². The molecule has 7 heteroatoms. The summed E-state index contributed by atoms with van der Waals surface area (Å²) in [6.45, 7) is 2.15. The first-order valence-corrected chi connectivity index (χ1v) is 8.43. The summed E-state index contributed by atoms with van der Waals surface area (Å²) in [5.74, 6) is -0.175. The van der Waals surface area contributed by atoms with Crippen LogP contribution in [0.1, 0.15) is 11.1 Å². The van der Waals surface area contributed by atoms with Gasteiger partial charge in [-0.3, -0.25) is 9.78 Å². The van der Waals surface area contributed by atoms with E-state index in [1.807, 2.05) is 24.3 Å². The van der Waals surface area contributed by atoms with Crippen molar-refractivity contribution >= 4 is 23.5 Å². The number of amides is 3. The maximum Gasteiger partial charge on any atom is 0.320 e. The molecule has 1 aliphatic heterocycles. The first kappa shape index (κ1) is 17.2. The standard InChI is InChI=1S/C18H19ClN4O2/c19-16-5-3-14(4-6-16)12-22-8-9-23(18(22)25)13-17(24)21-11-15-2-1-7-20-10-15/h1-7,10H,8-9,11-13H2,(H,21,24). The average molecular weight is 359 g/mol. The topological polar surface area (TPSA) is 65.5 Å². The molecule has 0 aliphatic carbocycles. The molecule has 1 aromatic heterocycles. The fraction of sp³-hybridized carbons (Fsp3) is 0.278. The van der Waals surface area contributed by atoms with E-state index in [1.165, 1.54) is 0 Å². The lowest BCUT2D eigenvalue weighted by Gasteiger charge is -2.18. The second kappa shape index (κ2) is 7.98. The Labute approximate surface area is 151 Å². The van der Waals surface area contributed by atoms with Gasteiger partial charge in [0, 0.05) is 43.6 Å². The zero-order valence-corrected chi connectivity index (χ0v) is 14.4. The molecule has 1 fully saturated rings. The molecule has 0 saturated carbocycles. The molecule has 0 bridgehead atoms. The molecule has 1 aromatic carbocycles. The van der Waals surface area contributed by atoms with E-state index in [-0.39, 0.29) is 18.5 Å². The third-order valence-electron chi connectivity index (χ3n) is 4.01. The Bertz CT molecular complexity index is 737. The molecule has 0 spiro atoms. The Morgan fingerprint density at radius 2 is 1.88 bits per heavy atom. The lowest BCUT2D eigenvalue weighted by Crippen LogP contribution is -2.39. The molecule has 0 radical (unpaired) electrons. The first-order valence-electron chi connectivity index (χ1n) is 8.06. The third kappa shape index (κ3) is 4.70. The zero-order chi connectivity index (χ0) is 17.6. The summed E-state index contributed by atoms with van der Waals surface area (Å²) >= 11 is 5.87. The third-order valence-corrected chi connectivity index (χ3v) is 4.27. The van der Waals surface area contributed by atoms with Crippen LogP contribution in [-0.4, -0.2) is 46.4 Å². The summed E-state index contributed by atoms with van der Waals surface area (Å²) in [7, 11) is 0. The molecular weight excluding hydrogens is 340 g/mol. The molecule has 2 heterocycles. The van der Waals surface area contributed by atoms with Gasteiger partial charge in [-0.25, -0.2) is 4.79 Å². The Hall–Kier alpha value is -2.60. The highest BCUT2D eigenvalue weighted by molar-refractivity contribution is 6.30. The van der Waals surface area contributed by atoms with Gasteiger partial charge in [-0.1, -0.05) is 29.8 Å². The molecule has 3 amide bonds. The Kier molecular flexibility index (Phi) is 5.50. The Balaban J connectivity index is 1.48. The second-order valence-corrected chi connectivity index (χ2v) is 6.33. The van der Waals surface area contributed by atoms with Crippen molar-refractivity contribution in [3.63, 3.8) is 0 Å². The molecule has 0 unspecified atom stereocenters. The maximum atomic E-state index is 12.4.